The third-order valence-electron chi connectivity index (χ3n) is 2.72. The molecule has 1 aromatic carbocycles. The van der Waals surface area contributed by atoms with E-state index in [2.05, 4.69) is 36.2 Å². The SMILES string of the molecule is CCOc1ccc(Br)cc1C=N/N=C1/NC(=O)/C(=C\C(=O)OC)S1. The lowest BCUT2D eigenvalue weighted by atomic mass is 10.2. The normalized spacial score (nSPS) is 17.5. The molecule has 1 fully saturated rings. The first-order valence-electron chi connectivity index (χ1n) is 6.85. The Kier molecular flexibility index (Phi) is 6.56. The van der Waals surface area contributed by atoms with Crippen LogP contribution in [-0.4, -0.2) is 37.0 Å². The molecule has 7 nitrogen and oxygen atoms in total. The molecule has 1 saturated heterocycles. The lowest BCUT2D eigenvalue weighted by molar-refractivity contribution is -0.135. The highest BCUT2D eigenvalue weighted by Gasteiger charge is 2.24. The number of thioether (sulfide) groups is 1. The van der Waals surface area contributed by atoms with Crippen LogP contribution in [0.15, 0.2) is 43.9 Å². The van der Waals surface area contributed by atoms with Crippen molar-refractivity contribution in [3.8, 4) is 5.75 Å². The number of amides is 1. The van der Waals surface area contributed by atoms with Gasteiger partial charge in [-0.15, -0.1) is 5.10 Å². The van der Waals surface area contributed by atoms with Crippen molar-refractivity contribution in [3.63, 3.8) is 0 Å². The zero-order valence-electron chi connectivity index (χ0n) is 12.9. The molecule has 0 aromatic heterocycles. The Morgan fingerprint density at radius 3 is 2.96 bits per heavy atom. The number of carbonyl (C=O) groups excluding carboxylic acids is 2. The van der Waals surface area contributed by atoms with Crippen molar-refractivity contribution in [2.24, 2.45) is 10.2 Å². The van der Waals surface area contributed by atoms with Crippen LogP contribution in [0.2, 0.25) is 0 Å². The first kappa shape index (κ1) is 18.2. The summed E-state index contributed by atoms with van der Waals surface area (Å²) >= 11 is 4.40. The number of benzene rings is 1. The van der Waals surface area contributed by atoms with Gasteiger partial charge in [-0.25, -0.2) is 4.79 Å². The van der Waals surface area contributed by atoms with E-state index in [0.717, 1.165) is 27.9 Å². The van der Waals surface area contributed by atoms with E-state index in [1.807, 2.05) is 25.1 Å². The minimum Gasteiger partial charge on any atom is -0.493 e. The van der Waals surface area contributed by atoms with Gasteiger partial charge in [0.05, 0.1) is 24.8 Å². The third-order valence-corrected chi connectivity index (χ3v) is 4.11. The first-order chi connectivity index (χ1) is 11.5. The number of carbonyl (C=O) groups is 2. The Labute approximate surface area is 151 Å². The number of nitrogens with zero attached hydrogens (tertiary/aromatic N) is 2. The molecule has 0 aliphatic carbocycles. The molecule has 1 aliphatic rings. The largest absolute Gasteiger partial charge is 0.493 e. The van der Waals surface area contributed by atoms with Crippen LogP contribution in [-0.2, 0) is 14.3 Å². The second-order valence-corrected chi connectivity index (χ2v) is 6.30. The minimum absolute atomic E-state index is 0.202. The van der Waals surface area contributed by atoms with Gasteiger partial charge in [0.1, 0.15) is 5.75 Å². The summed E-state index contributed by atoms with van der Waals surface area (Å²) in [5.74, 6) is -0.344. The van der Waals surface area contributed by atoms with Crippen LogP contribution >= 0.6 is 27.7 Å². The highest BCUT2D eigenvalue weighted by atomic mass is 79.9. The Morgan fingerprint density at radius 2 is 2.25 bits per heavy atom. The zero-order valence-corrected chi connectivity index (χ0v) is 15.3. The molecular formula is C15H14BrN3O4S. The Hall–Kier alpha value is -2.13. The fraction of sp³-hybridized carbons (Fsp3) is 0.200. The van der Waals surface area contributed by atoms with E-state index in [0.29, 0.717) is 12.4 Å². The predicted octanol–water partition coefficient (Wildman–Crippen LogP) is 2.46. The van der Waals surface area contributed by atoms with Crippen molar-refractivity contribution < 1.29 is 19.1 Å². The fourth-order valence-electron chi connectivity index (χ4n) is 1.69. The molecule has 1 aromatic rings. The number of ether oxygens (including phenoxy) is 2. The van der Waals surface area contributed by atoms with Crippen LogP contribution in [0.4, 0.5) is 0 Å². The molecule has 1 N–H and O–H groups in total. The molecule has 0 spiro atoms. The maximum atomic E-state index is 11.7. The Bertz CT molecular complexity index is 746. The molecule has 0 unspecified atom stereocenters. The van der Waals surface area contributed by atoms with Crippen LogP contribution < -0.4 is 10.1 Å². The van der Waals surface area contributed by atoms with E-state index in [1.165, 1.54) is 13.3 Å². The maximum absolute atomic E-state index is 11.7. The van der Waals surface area contributed by atoms with Crippen molar-refractivity contribution in [3.05, 3.63) is 39.2 Å². The highest BCUT2D eigenvalue weighted by Crippen LogP contribution is 2.24. The quantitative estimate of drug-likeness (QED) is 0.347. The number of hydrogen-bond donors (Lipinski definition) is 1. The molecule has 0 atom stereocenters. The summed E-state index contributed by atoms with van der Waals surface area (Å²) in [6.45, 7) is 2.42. The Morgan fingerprint density at radius 1 is 1.46 bits per heavy atom. The topological polar surface area (TPSA) is 89.4 Å². The van der Waals surface area contributed by atoms with Gasteiger partial charge in [0.15, 0.2) is 5.17 Å². The molecule has 1 amide bonds. The number of nitrogens with one attached hydrogen (secondary N) is 1. The van der Waals surface area contributed by atoms with Crippen molar-refractivity contribution in [2.75, 3.05) is 13.7 Å². The summed E-state index contributed by atoms with van der Waals surface area (Å²) in [7, 11) is 1.24. The molecule has 2 rings (SSSR count). The van der Waals surface area contributed by atoms with Gasteiger partial charge in [0, 0.05) is 16.1 Å². The molecule has 0 saturated carbocycles. The summed E-state index contributed by atoms with van der Waals surface area (Å²) < 4.78 is 10.9. The molecule has 1 heterocycles. The number of rotatable bonds is 5. The van der Waals surface area contributed by atoms with Crippen LogP contribution in [0.5, 0.6) is 5.75 Å². The second kappa shape index (κ2) is 8.65. The highest BCUT2D eigenvalue weighted by molar-refractivity contribution is 9.10. The Balaban J connectivity index is 2.13. The van der Waals surface area contributed by atoms with Gasteiger partial charge in [-0.05, 0) is 36.9 Å². The smallest absolute Gasteiger partial charge is 0.331 e. The van der Waals surface area contributed by atoms with Crippen LogP contribution in [0.1, 0.15) is 12.5 Å². The predicted molar refractivity (Wildman–Crippen MR) is 96.2 cm³/mol. The number of methoxy groups -OCH3 is 1. The number of halogens is 1. The van der Waals surface area contributed by atoms with Crippen LogP contribution in [0.3, 0.4) is 0 Å². The average molecular weight is 412 g/mol. The number of esters is 1. The van der Waals surface area contributed by atoms with Crippen molar-refractivity contribution in [1.29, 1.82) is 0 Å². The fourth-order valence-corrected chi connectivity index (χ4v) is 2.81. The minimum atomic E-state index is -0.604. The summed E-state index contributed by atoms with van der Waals surface area (Å²) in [5, 5.41) is 10.7. The van der Waals surface area contributed by atoms with Gasteiger partial charge in [0.2, 0.25) is 0 Å². The van der Waals surface area contributed by atoms with Gasteiger partial charge >= 0.3 is 5.97 Å². The molecule has 1 aliphatic heterocycles. The van der Waals surface area contributed by atoms with E-state index < -0.39 is 11.9 Å². The van der Waals surface area contributed by atoms with Gasteiger partial charge in [-0.2, -0.15) is 5.10 Å². The maximum Gasteiger partial charge on any atom is 0.331 e. The monoisotopic (exact) mass is 411 g/mol. The van der Waals surface area contributed by atoms with E-state index in [4.69, 9.17) is 4.74 Å². The molecule has 9 heteroatoms. The summed E-state index contributed by atoms with van der Waals surface area (Å²) in [4.78, 5) is 23.1. The molecular weight excluding hydrogens is 398 g/mol. The lowest BCUT2D eigenvalue weighted by Gasteiger charge is -2.06. The molecule has 0 bridgehead atoms. The standard InChI is InChI=1S/C15H14BrN3O4S/c1-3-23-11-5-4-10(16)6-9(11)8-17-19-15-18-14(21)12(24-15)7-13(20)22-2/h4-8H,3H2,1-2H3,(H,18,19,21)/b12-7+,17-8?. The number of amidine groups is 1. The summed E-state index contributed by atoms with van der Waals surface area (Å²) in [5.41, 5.74) is 0.746. The van der Waals surface area contributed by atoms with Crippen molar-refractivity contribution >= 4 is 51.0 Å². The van der Waals surface area contributed by atoms with E-state index in [1.54, 1.807) is 0 Å². The summed E-state index contributed by atoms with van der Waals surface area (Å²) in [6, 6.07) is 5.54. The van der Waals surface area contributed by atoms with Gasteiger partial charge in [-0.1, -0.05) is 15.9 Å². The molecule has 24 heavy (non-hydrogen) atoms. The number of hydrogen-bond acceptors (Lipinski definition) is 7. The van der Waals surface area contributed by atoms with E-state index in [-0.39, 0.29) is 10.1 Å². The molecule has 0 radical (unpaired) electrons. The van der Waals surface area contributed by atoms with Gasteiger partial charge in [-0.3, -0.25) is 10.1 Å². The molecule has 126 valence electrons. The third kappa shape index (κ3) is 4.93. The van der Waals surface area contributed by atoms with Crippen molar-refractivity contribution in [1.82, 2.24) is 5.32 Å². The summed E-state index contributed by atoms with van der Waals surface area (Å²) in [6.07, 6.45) is 2.63. The van der Waals surface area contributed by atoms with E-state index >= 15 is 0 Å². The lowest BCUT2D eigenvalue weighted by Crippen LogP contribution is -2.19. The van der Waals surface area contributed by atoms with Crippen LogP contribution in [0.25, 0.3) is 0 Å². The first-order valence-corrected chi connectivity index (χ1v) is 8.46. The average Bonchev–Trinajstić information content (AvgIpc) is 2.89. The van der Waals surface area contributed by atoms with Crippen molar-refractivity contribution in [2.45, 2.75) is 6.92 Å². The second-order valence-electron chi connectivity index (χ2n) is 4.35. The zero-order chi connectivity index (χ0) is 17.5. The van der Waals surface area contributed by atoms with Gasteiger partial charge in [0.25, 0.3) is 5.91 Å². The van der Waals surface area contributed by atoms with Gasteiger partial charge < -0.3 is 9.47 Å². The van der Waals surface area contributed by atoms with E-state index in [9.17, 15) is 9.59 Å². The van der Waals surface area contributed by atoms with Crippen LogP contribution in [0, 0.1) is 0 Å².